The minimum Gasteiger partial charge on any atom is -0.293 e. The largest absolute Gasteiger partial charge is 0.293 e. The lowest BCUT2D eigenvalue weighted by molar-refractivity contribution is -0.112. The average Bonchev–Trinajstić information content (AvgIpc) is 2.23. The summed E-state index contributed by atoms with van der Waals surface area (Å²) in [5.41, 5.74) is 1.70. The van der Waals surface area contributed by atoms with E-state index >= 15 is 0 Å². The molecule has 0 radical (unpaired) electrons. The molecule has 1 aliphatic carbocycles. The van der Waals surface area contributed by atoms with Crippen molar-refractivity contribution in [1.29, 1.82) is 0 Å². The van der Waals surface area contributed by atoms with Gasteiger partial charge in [0.25, 0.3) is 0 Å². The van der Waals surface area contributed by atoms with Gasteiger partial charge < -0.3 is 0 Å². The summed E-state index contributed by atoms with van der Waals surface area (Å²) >= 11 is 4.19. The summed E-state index contributed by atoms with van der Waals surface area (Å²) in [5, 5.41) is -0.296. The molecular weight excluding hydrogens is 192 g/mol. The molecule has 0 N–H and O–H groups in total. The minimum atomic E-state index is -0.296. The Labute approximate surface area is 88.6 Å². The van der Waals surface area contributed by atoms with Crippen molar-refractivity contribution in [2.24, 2.45) is 0 Å². The first kappa shape index (κ1) is 9.28. The van der Waals surface area contributed by atoms with Crippen LogP contribution in [0.2, 0.25) is 0 Å². The maximum Gasteiger partial charge on any atom is 0.179 e. The third-order valence-corrected chi connectivity index (χ3v) is 2.58. The van der Waals surface area contributed by atoms with Crippen LogP contribution in [0, 0.1) is 0 Å². The van der Waals surface area contributed by atoms with Crippen molar-refractivity contribution < 1.29 is 4.79 Å². The molecule has 0 aromatic heterocycles. The van der Waals surface area contributed by atoms with Crippen molar-refractivity contribution in [2.75, 3.05) is 0 Å². The van der Waals surface area contributed by atoms with Crippen molar-refractivity contribution in [3.8, 4) is 0 Å². The zero-order chi connectivity index (χ0) is 9.97. The van der Waals surface area contributed by atoms with Gasteiger partial charge in [0.15, 0.2) is 5.78 Å². The number of carbonyl (C=O) groups is 1. The third kappa shape index (κ3) is 1.66. The summed E-state index contributed by atoms with van der Waals surface area (Å²) < 4.78 is 0. The Morgan fingerprint density at radius 3 is 2.57 bits per heavy atom. The fourth-order valence-corrected chi connectivity index (χ4v) is 1.68. The number of allylic oxidation sites excluding steroid dienone is 3. The summed E-state index contributed by atoms with van der Waals surface area (Å²) in [5.74, 6) is 0.0713. The average molecular weight is 202 g/mol. The lowest BCUT2D eigenvalue weighted by Crippen LogP contribution is -2.16. The van der Waals surface area contributed by atoms with Crippen LogP contribution in [-0.2, 0) is 4.79 Å². The number of Topliss-reactive ketones (excluding diaryl/α,β-unsaturated/α-hetero) is 1. The molecule has 1 aliphatic rings. The Morgan fingerprint density at radius 1 is 1.14 bits per heavy atom. The van der Waals surface area contributed by atoms with Gasteiger partial charge >= 0.3 is 0 Å². The third-order valence-electron chi connectivity index (χ3n) is 2.18. The molecule has 1 atom stereocenters. The lowest BCUT2D eigenvalue weighted by atomic mass is 9.96. The van der Waals surface area contributed by atoms with E-state index in [0.29, 0.717) is 0 Å². The molecule has 70 valence electrons. The summed E-state index contributed by atoms with van der Waals surface area (Å²) in [6.45, 7) is 0. The maximum atomic E-state index is 11.7. The smallest absolute Gasteiger partial charge is 0.179 e. The molecule has 2 heteroatoms. The highest BCUT2D eigenvalue weighted by atomic mass is 32.1. The molecule has 0 fully saturated rings. The van der Waals surface area contributed by atoms with Crippen LogP contribution < -0.4 is 0 Å². The highest BCUT2D eigenvalue weighted by Crippen LogP contribution is 2.22. The molecule has 1 aromatic carbocycles. The number of ketones is 1. The first-order valence-corrected chi connectivity index (χ1v) is 4.97. The van der Waals surface area contributed by atoms with E-state index in [1.54, 1.807) is 6.08 Å². The molecule has 0 bridgehead atoms. The Kier molecular flexibility index (Phi) is 2.55. The predicted octanol–water partition coefficient (Wildman–Crippen LogP) is 2.51. The molecular formula is C12H10OS. The number of benzene rings is 1. The topological polar surface area (TPSA) is 17.1 Å². The van der Waals surface area contributed by atoms with Crippen molar-refractivity contribution in [3.63, 3.8) is 0 Å². The number of carbonyl (C=O) groups excluding carboxylic acids is 1. The van der Waals surface area contributed by atoms with E-state index in [0.717, 1.165) is 11.1 Å². The van der Waals surface area contributed by atoms with Crippen molar-refractivity contribution in [3.05, 3.63) is 54.1 Å². The molecule has 1 nitrogen and oxygen atoms in total. The van der Waals surface area contributed by atoms with Crippen LogP contribution in [0.3, 0.4) is 0 Å². The zero-order valence-electron chi connectivity index (χ0n) is 7.55. The highest BCUT2D eigenvalue weighted by Gasteiger charge is 2.19. The number of rotatable bonds is 1. The SMILES string of the molecule is O=C1C(c2ccccc2)=CC=CC1S. The second-order valence-electron chi connectivity index (χ2n) is 3.14. The fraction of sp³-hybridized carbons (Fsp3) is 0.0833. The van der Waals surface area contributed by atoms with Gasteiger partial charge in [-0.15, -0.1) is 0 Å². The summed E-state index contributed by atoms with van der Waals surface area (Å²) in [6.07, 6.45) is 5.50. The van der Waals surface area contributed by atoms with E-state index in [-0.39, 0.29) is 11.0 Å². The maximum absolute atomic E-state index is 11.7. The van der Waals surface area contributed by atoms with Gasteiger partial charge in [-0.05, 0) is 5.56 Å². The normalized spacial score (nSPS) is 20.8. The molecule has 1 aromatic rings. The van der Waals surface area contributed by atoms with Gasteiger partial charge in [-0.1, -0.05) is 48.6 Å². The van der Waals surface area contributed by atoms with Crippen molar-refractivity contribution in [1.82, 2.24) is 0 Å². The van der Waals surface area contributed by atoms with Crippen LogP contribution in [0.25, 0.3) is 5.57 Å². The molecule has 0 spiro atoms. The molecule has 2 rings (SSSR count). The molecule has 0 heterocycles. The predicted molar refractivity (Wildman–Crippen MR) is 61.3 cm³/mol. The molecule has 0 amide bonds. The summed E-state index contributed by atoms with van der Waals surface area (Å²) in [4.78, 5) is 11.7. The lowest BCUT2D eigenvalue weighted by Gasteiger charge is -2.12. The van der Waals surface area contributed by atoms with Gasteiger partial charge in [0.2, 0.25) is 0 Å². The van der Waals surface area contributed by atoms with E-state index < -0.39 is 0 Å². The van der Waals surface area contributed by atoms with Gasteiger partial charge in [-0.3, -0.25) is 4.79 Å². The van der Waals surface area contributed by atoms with Crippen LogP contribution in [0.15, 0.2) is 48.6 Å². The number of hydrogen-bond donors (Lipinski definition) is 1. The van der Waals surface area contributed by atoms with Crippen LogP contribution >= 0.6 is 12.6 Å². The minimum absolute atomic E-state index is 0.0713. The van der Waals surface area contributed by atoms with Gasteiger partial charge in [0, 0.05) is 5.57 Å². The summed E-state index contributed by atoms with van der Waals surface area (Å²) in [6, 6.07) is 9.66. The van der Waals surface area contributed by atoms with Crippen LogP contribution in [-0.4, -0.2) is 11.0 Å². The Morgan fingerprint density at radius 2 is 1.86 bits per heavy atom. The summed E-state index contributed by atoms with van der Waals surface area (Å²) in [7, 11) is 0. The zero-order valence-corrected chi connectivity index (χ0v) is 8.45. The van der Waals surface area contributed by atoms with E-state index in [2.05, 4.69) is 12.6 Å². The highest BCUT2D eigenvalue weighted by molar-refractivity contribution is 7.82. The second-order valence-corrected chi connectivity index (χ2v) is 3.70. The van der Waals surface area contributed by atoms with Gasteiger partial charge in [-0.25, -0.2) is 0 Å². The Hall–Kier alpha value is -1.28. The Bertz CT molecular complexity index is 404. The van der Waals surface area contributed by atoms with Crippen molar-refractivity contribution >= 4 is 24.0 Å². The van der Waals surface area contributed by atoms with Crippen LogP contribution in [0.5, 0.6) is 0 Å². The number of hydrogen-bond acceptors (Lipinski definition) is 2. The van der Waals surface area contributed by atoms with E-state index in [9.17, 15) is 4.79 Å². The quantitative estimate of drug-likeness (QED) is 0.692. The second kappa shape index (κ2) is 3.84. The molecule has 0 saturated heterocycles. The van der Waals surface area contributed by atoms with Gasteiger partial charge in [0.1, 0.15) is 0 Å². The molecule has 0 aliphatic heterocycles. The Balaban J connectivity index is 2.40. The van der Waals surface area contributed by atoms with Crippen LogP contribution in [0.1, 0.15) is 5.56 Å². The van der Waals surface area contributed by atoms with Gasteiger partial charge in [-0.2, -0.15) is 12.6 Å². The first-order chi connectivity index (χ1) is 6.79. The first-order valence-electron chi connectivity index (χ1n) is 4.45. The monoisotopic (exact) mass is 202 g/mol. The van der Waals surface area contributed by atoms with E-state index in [4.69, 9.17) is 0 Å². The molecule has 14 heavy (non-hydrogen) atoms. The standard InChI is InChI=1S/C12H10OS/c13-12-10(7-4-8-11(12)14)9-5-2-1-3-6-9/h1-8,11,14H. The van der Waals surface area contributed by atoms with Gasteiger partial charge in [0.05, 0.1) is 5.25 Å². The van der Waals surface area contributed by atoms with E-state index in [1.807, 2.05) is 42.5 Å². The fourth-order valence-electron chi connectivity index (χ4n) is 1.44. The van der Waals surface area contributed by atoms with E-state index in [1.165, 1.54) is 0 Å². The van der Waals surface area contributed by atoms with Crippen molar-refractivity contribution in [2.45, 2.75) is 5.25 Å². The van der Waals surface area contributed by atoms with Crippen LogP contribution in [0.4, 0.5) is 0 Å². The number of thiol groups is 1. The molecule has 0 saturated carbocycles. The molecule has 1 unspecified atom stereocenters.